The van der Waals surface area contributed by atoms with Gasteiger partial charge in [0, 0.05) is 35.6 Å². The molecule has 0 atom stereocenters. The third-order valence-corrected chi connectivity index (χ3v) is 5.79. The fraction of sp³-hybridized carbons (Fsp3) is 0.280. The molecule has 0 bridgehead atoms. The molecule has 2 aromatic carbocycles. The molecule has 0 spiro atoms. The number of aryl methyl sites for hydroxylation is 1. The molecule has 1 N–H and O–H groups in total. The number of hydrogen-bond donors (Lipinski definition) is 1. The van der Waals surface area contributed by atoms with Gasteiger partial charge in [0.1, 0.15) is 5.75 Å². The van der Waals surface area contributed by atoms with Crippen molar-refractivity contribution in [1.29, 1.82) is 0 Å². The molecule has 4 rings (SSSR count). The zero-order valence-corrected chi connectivity index (χ0v) is 19.1. The van der Waals surface area contributed by atoms with E-state index in [1.165, 1.54) is 14.2 Å². The maximum atomic E-state index is 12.7. The highest BCUT2D eigenvalue weighted by Crippen LogP contribution is 2.36. The summed E-state index contributed by atoms with van der Waals surface area (Å²) in [5.41, 5.74) is 1.81. The normalized spacial score (nSPS) is 11.0. The molecule has 2 heterocycles. The van der Waals surface area contributed by atoms with E-state index in [0.29, 0.717) is 46.7 Å². The second kappa shape index (κ2) is 9.28. The zero-order chi connectivity index (χ0) is 23.5. The lowest BCUT2D eigenvalue weighted by atomic mass is 10.0. The molecule has 33 heavy (non-hydrogen) atoms. The Balaban J connectivity index is 1.47. The van der Waals surface area contributed by atoms with Crippen LogP contribution in [0, 0.1) is 6.92 Å². The lowest BCUT2D eigenvalue weighted by Crippen LogP contribution is -2.30. The standard InChI is InChI=1S/C25H26N2O6/c1-15-18-6-8-21(31-3)24(32-4)23(18)33-25(29)19(15)14-22(28)26-10-12-27-11-9-16-13-17(30-2)5-7-20(16)27/h5-9,11,13H,10,12,14H2,1-4H3,(H,26,28). The Morgan fingerprint density at radius 2 is 1.88 bits per heavy atom. The minimum atomic E-state index is -0.563. The van der Waals surface area contributed by atoms with E-state index in [0.717, 1.165) is 16.7 Å². The fourth-order valence-electron chi connectivity index (χ4n) is 4.01. The number of aromatic nitrogens is 1. The maximum Gasteiger partial charge on any atom is 0.340 e. The third kappa shape index (κ3) is 4.24. The maximum absolute atomic E-state index is 12.7. The van der Waals surface area contributed by atoms with E-state index in [2.05, 4.69) is 9.88 Å². The van der Waals surface area contributed by atoms with Crippen LogP contribution in [-0.2, 0) is 17.8 Å². The van der Waals surface area contributed by atoms with Gasteiger partial charge < -0.3 is 28.5 Å². The number of carbonyl (C=O) groups excluding carboxylic acids is 1. The molecule has 4 aromatic rings. The van der Waals surface area contributed by atoms with E-state index >= 15 is 0 Å². The van der Waals surface area contributed by atoms with Crippen LogP contribution in [-0.4, -0.2) is 38.3 Å². The van der Waals surface area contributed by atoms with E-state index in [9.17, 15) is 9.59 Å². The summed E-state index contributed by atoms with van der Waals surface area (Å²) in [6.45, 7) is 2.83. The number of benzene rings is 2. The molecular formula is C25H26N2O6. The van der Waals surface area contributed by atoms with Crippen LogP contribution in [0.2, 0.25) is 0 Å². The summed E-state index contributed by atoms with van der Waals surface area (Å²) in [5.74, 6) is 1.37. The summed E-state index contributed by atoms with van der Waals surface area (Å²) in [4.78, 5) is 25.2. The molecule has 0 aliphatic rings. The predicted octanol–water partition coefficient (Wildman–Crippen LogP) is 3.44. The number of fused-ring (bicyclic) bond motifs is 2. The Kier molecular flexibility index (Phi) is 6.26. The molecule has 8 heteroatoms. The summed E-state index contributed by atoms with van der Waals surface area (Å²) in [6, 6.07) is 11.4. The van der Waals surface area contributed by atoms with Crippen LogP contribution < -0.4 is 25.2 Å². The summed E-state index contributed by atoms with van der Waals surface area (Å²) < 4.78 is 23.5. The van der Waals surface area contributed by atoms with E-state index in [1.807, 2.05) is 30.5 Å². The van der Waals surface area contributed by atoms with Gasteiger partial charge in [-0.3, -0.25) is 4.79 Å². The van der Waals surface area contributed by atoms with Crippen LogP contribution in [0.25, 0.3) is 21.9 Å². The number of amides is 1. The quantitative estimate of drug-likeness (QED) is 0.414. The molecule has 0 saturated heterocycles. The smallest absolute Gasteiger partial charge is 0.340 e. The predicted molar refractivity (Wildman–Crippen MR) is 126 cm³/mol. The van der Waals surface area contributed by atoms with E-state index in [-0.39, 0.29) is 12.3 Å². The van der Waals surface area contributed by atoms with Crippen LogP contribution in [0.1, 0.15) is 11.1 Å². The SMILES string of the molecule is COc1ccc2c(ccn2CCNC(=O)Cc2c(C)c3ccc(OC)c(OC)c3oc2=O)c1. The second-order valence-corrected chi connectivity index (χ2v) is 7.63. The Morgan fingerprint density at radius 1 is 1.06 bits per heavy atom. The van der Waals surface area contributed by atoms with Crippen LogP contribution in [0.4, 0.5) is 0 Å². The number of nitrogens with zero attached hydrogens (tertiary/aromatic N) is 1. The molecule has 0 saturated carbocycles. The summed E-state index contributed by atoms with van der Waals surface area (Å²) in [7, 11) is 4.64. The van der Waals surface area contributed by atoms with Crippen LogP contribution in [0.5, 0.6) is 17.2 Å². The van der Waals surface area contributed by atoms with Crippen LogP contribution in [0.3, 0.4) is 0 Å². The highest BCUT2D eigenvalue weighted by Gasteiger charge is 2.19. The van der Waals surface area contributed by atoms with E-state index < -0.39 is 5.63 Å². The first-order valence-corrected chi connectivity index (χ1v) is 10.5. The minimum Gasteiger partial charge on any atom is -0.497 e. The van der Waals surface area contributed by atoms with Crippen molar-refractivity contribution in [2.24, 2.45) is 0 Å². The summed E-state index contributed by atoms with van der Waals surface area (Å²) >= 11 is 0. The van der Waals surface area contributed by atoms with Crippen LogP contribution >= 0.6 is 0 Å². The molecule has 0 fully saturated rings. The van der Waals surface area contributed by atoms with Crippen molar-refractivity contribution in [1.82, 2.24) is 9.88 Å². The Hall–Kier alpha value is -3.94. The molecule has 1 amide bonds. The van der Waals surface area contributed by atoms with Crippen molar-refractivity contribution in [2.75, 3.05) is 27.9 Å². The Morgan fingerprint density at radius 3 is 2.61 bits per heavy atom. The van der Waals surface area contributed by atoms with Gasteiger partial charge in [-0.25, -0.2) is 4.79 Å². The molecule has 0 radical (unpaired) electrons. The first kappa shape index (κ1) is 22.3. The van der Waals surface area contributed by atoms with Gasteiger partial charge in [0.2, 0.25) is 11.7 Å². The van der Waals surface area contributed by atoms with Gasteiger partial charge in [-0.2, -0.15) is 0 Å². The molecular weight excluding hydrogens is 424 g/mol. The number of ether oxygens (including phenoxy) is 3. The molecule has 2 aromatic heterocycles. The van der Waals surface area contributed by atoms with Crippen molar-refractivity contribution in [2.45, 2.75) is 19.9 Å². The lowest BCUT2D eigenvalue weighted by molar-refractivity contribution is -0.120. The number of nitrogens with one attached hydrogen (secondary N) is 1. The summed E-state index contributed by atoms with van der Waals surface area (Å²) in [5, 5.41) is 4.66. The Labute approximate surface area is 190 Å². The zero-order valence-electron chi connectivity index (χ0n) is 19.1. The van der Waals surface area contributed by atoms with Crippen LogP contribution in [0.15, 0.2) is 51.8 Å². The first-order valence-electron chi connectivity index (χ1n) is 10.5. The average Bonchev–Trinajstić information content (AvgIpc) is 3.23. The lowest BCUT2D eigenvalue weighted by Gasteiger charge is -2.13. The summed E-state index contributed by atoms with van der Waals surface area (Å²) in [6.07, 6.45) is 1.90. The van der Waals surface area contributed by atoms with Crippen molar-refractivity contribution >= 4 is 27.8 Å². The van der Waals surface area contributed by atoms with Gasteiger partial charge in [0.15, 0.2) is 11.3 Å². The number of rotatable bonds is 8. The van der Waals surface area contributed by atoms with Gasteiger partial charge in [0.25, 0.3) is 0 Å². The second-order valence-electron chi connectivity index (χ2n) is 7.63. The van der Waals surface area contributed by atoms with Gasteiger partial charge in [-0.1, -0.05) is 0 Å². The molecule has 172 valence electrons. The van der Waals surface area contributed by atoms with Gasteiger partial charge in [0.05, 0.1) is 33.3 Å². The highest BCUT2D eigenvalue weighted by molar-refractivity contribution is 5.90. The molecule has 8 nitrogen and oxygen atoms in total. The molecule has 0 aliphatic carbocycles. The van der Waals surface area contributed by atoms with Gasteiger partial charge in [-0.15, -0.1) is 0 Å². The average molecular weight is 450 g/mol. The third-order valence-electron chi connectivity index (χ3n) is 5.79. The molecule has 0 unspecified atom stereocenters. The van der Waals surface area contributed by atoms with Gasteiger partial charge >= 0.3 is 5.63 Å². The highest BCUT2D eigenvalue weighted by atomic mass is 16.5. The fourth-order valence-corrected chi connectivity index (χ4v) is 4.01. The number of hydrogen-bond acceptors (Lipinski definition) is 6. The van der Waals surface area contributed by atoms with Gasteiger partial charge in [-0.05, 0) is 48.9 Å². The van der Waals surface area contributed by atoms with Crippen molar-refractivity contribution < 1.29 is 23.4 Å². The van der Waals surface area contributed by atoms with E-state index in [1.54, 1.807) is 26.2 Å². The van der Waals surface area contributed by atoms with Crippen molar-refractivity contribution in [3.8, 4) is 17.2 Å². The largest absolute Gasteiger partial charge is 0.497 e. The minimum absolute atomic E-state index is 0.0674. The van der Waals surface area contributed by atoms with E-state index in [4.69, 9.17) is 18.6 Å². The topological polar surface area (TPSA) is 91.9 Å². The van der Waals surface area contributed by atoms with Crippen molar-refractivity contribution in [3.63, 3.8) is 0 Å². The number of methoxy groups -OCH3 is 3. The van der Waals surface area contributed by atoms with Crippen molar-refractivity contribution in [3.05, 3.63) is 64.1 Å². The Bertz CT molecular complexity index is 1390. The first-order chi connectivity index (χ1) is 16.0. The number of carbonyl (C=O) groups is 1. The molecule has 0 aliphatic heterocycles. The monoisotopic (exact) mass is 450 g/mol.